The summed E-state index contributed by atoms with van der Waals surface area (Å²) in [7, 11) is 1.57. The number of pyridine rings is 1. The fourth-order valence-corrected chi connectivity index (χ4v) is 1.45. The SMILES string of the molecule is COCCN(CCCN)c1ncc(F)cc1F. The molecule has 0 aliphatic carbocycles. The molecule has 0 amide bonds. The second kappa shape index (κ2) is 7.13. The van der Waals surface area contributed by atoms with Crippen LogP contribution in [0, 0.1) is 11.6 Å². The van der Waals surface area contributed by atoms with E-state index in [9.17, 15) is 8.78 Å². The minimum Gasteiger partial charge on any atom is -0.383 e. The van der Waals surface area contributed by atoms with Gasteiger partial charge in [0.05, 0.1) is 12.8 Å². The van der Waals surface area contributed by atoms with Crippen LogP contribution in [0.5, 0.6) is 0 Å². The van der Waals surface area contributed by atoms with E-state index in [1.807, 2.05) is 0 Å². The van der Waals surface area contributed by atoms with Gasteiger partial charge >= 0.3 is 0 Å². The first kappa shape index (κ1) is 13.8. The van der Waals surface area contributed by atoms with Crippen molar-refractivity contribution in [2.45, 2.75) is 6.42 Å². The van der Waals surface area contributed by atoms with Crippen LogP contribution in [0.4, 0.5) is 14.6 Å². The first-order chi connectivity index (χ1) is 8.19. The molecule has 2 N–H and O–H groups in total. The molecular formula is C11H17F2N3O. The van der Waals surface area contributed by atoms with Gasteiger partial charge in [-0.15, -0.1) is 0 Å². The fraction of sp³-hybridized carbons (Fsp3) is 0.545. The Morgan fingerprint density at radius 1 is 1.41 bits per heavy atom. The average Bonchev–Trinajstić information content (AvgIpc) is 2.30. The van der Waals surface area contributed by atoms with Crippen LogP contribution in [0.1, 0.15) is 6.42 Å². The summed E-state index contributed by atoms with van der Waals surface area (Å²) in [6.45, 7) is 2.01. The van der Waals surface area contributed by atoms with Crippen molar-refractivity contribution in [1.29, 1.82) is 0 Å². The van der Waals surface area contributed by atoms with Crippen molar-refractivity contribution < 1.29 is 13.5 Å². The van der Waals surface area contributed by atoms with Gasteiger partial charge < -0.3 is 15.4 Å². The Morgan fingerprint density at radius 3 is 2.76 bits per heavy atom. The third-order valence-corrected chi connectivity index (χ3v) is 2.29. The van der Waals surface area contributed by atoms with Gasteiger partial charge in [0.2, 0.25) is 0 Å². The predicted octanol–water partition coefficient (Wildman–Crippen LogP) is 1.16. The van der Waals surface area contributed by atoms with E-state index >= 15 is 0 Å². The van der Waals surface area contributed by atoms with Crippen molar-refractivity contribution >= 4 is 5.82 Å². The highest BCUT2D eigenvalue weighted by Gasteiger charge is 2.13. The van der Waals surface area contributed by atoms with Gasteiger partial charge in [-0.3, -0.25) is 0 Å². The van der Waals surface area contributed by atoms with Gasteiger partial charge in [-0.25, -0.2) is 13.8 Å². The van der Waals surface area contributed by atoms with Gasteiger partial charge in [-0.05, 0) is 13.0 Å². The molecule has 0 atom stereocenters. The highest BCUT2D eigenvalue weighted by molar-refractivity contribution is 5.39. The Balaban J connectivity index is 2.79. The zero-order valence-corrected chi connectivity index (χ0v) is 9.83. The molecule has 0 bridgehead atoms. The lowest BCUT2D eigenvalue weighted by molar-refractivity contribution is 0.205. The lowest BCUT2D eigenvalue weighted by atomic mass is 10.3. The maximum absolute atomic E-state index is 13.5. The summed E-state index contributed by atoms with van der Waals surface area (Å²) in [5.74, 6) is -1.22. The summed E-state index contributed by atoms with van der Waals surface area (Å²) < 4.78 is 31.2. The Kier molecular flexibility index (Phi) is 5.79. The van der Waals surface area contributed by atoms with Gasteiger partial charge in [0, 0.05) is 26.3 Å². The Bertz CT molecular complexity index is 341. The molecule has 0 unspecified atom stereocenters. The van der Waals surface area contributed by atoms with Gasteiger partial charge in [-0.1, -0.05) is 0 Å². The van der Waals surface area contributed by atoms with Crippen LogP contribution in [0.3, 0.4) is 0 Å². The van der Waals surface area contributed by atoms with Gasteiger partial charge in [0.15, 0.2) is 11.6 Å². The molecule has 6 heteroatoms. The van der Waals surface area contributed by atoms with Gasteiger partial charge in [0.1, 0.15) is 5.82 Å². The molecule has 0 saturated carbocycles. The van der Waals surface area contributed by atoms with Crippen LogP contribution >= 0.6 is 0 Å². The minimum absolute atomic E-state index is 0.136. The molecule has 0 aliphatic rings. The molecule has 1 rings (SSSR count). The number of halogens is 2. The Labute approximate surface area is 99.4 Å². The predicted molar refractivity (Wildman–Crippen MR) is 61.9 cm³/mol. The molecule has 0 spiro atoms. The number of ether oxygens (including phenoxy) is 1. The highest BCUT2D eigenvalue weighted by Crippen LogP contribution is 2.16. The first-order valence-electron chi connectivity index (χ1n) is 5.44. The van der Waals surface area contributed by atoms with Crippen molar-refractivity contribution in [2.24, 2.45) is 5.73 Å². The van der Waals surface area contributed by atoms with Gasteiger partial charge in [0.25, 0.3) is 0 Å². The van der Waals surface area contributed by atoms with Crippen LogP contribution in [-0.2, 0) is 4.74 Å². The van der Waals surface area contributed by atoms with Crippen molar-refractivity contribution in [3.63, 3.8) is 0 Å². The third kappa shape index (κ3) is 4.24. The molecule has 1 aromatic heterocycles. The molecule has 0 aromatic carbocycles. The number of rotatable bonds is 7. The Hall–Kier alpha value is -1.27. The summed E-state index contributed by atoms with van der Waals surface area (Å²) in [5, 5.41) is 0. The molecule has 1 heterocycles. The molecular weight excluding hydrogens is 228 g/mol. The van der Waals surface area contributed by atoms with E-state index in [1.165, 1.54) is 0 Å². The zero-order valence-electron chi connectivity index (χ0n) is 9.83. The summed E-state index contributed by atoms with van der Waals surface area (Å²) in [4.78, 5) is 5.46. The van der Waals surface area contributed by atoms with Crippen molar-refractivity contribution in [3.8, 4) is 0 Å². The van der Waals surface area contributed by atoms with E-state index in [1.54, 1.807) is 12.0 Å². The summed E-state index contributed by atoms with van der Waals surface area (Å²) >= 11 is 0. The number of anilines is 1. The molecule has 4 nitrogen and oxygen atoms in total. The monoisotopic (exact) mass is 245 g/mol. The van der Waals surface area contributed by atoms with Crippen molar-refractivity contribution in [3.05, 3.63) is 23.9 Å². The molecule has 0 aliphatic heterocycles. The van der Waals surface area contributed by atoms with Crippen molar-refractivity contribution in [1.82, 2.24) is 4.98 Å². The van der Waals surface area contributed by atoms with Crippen LogP contribution in [-0.4, -0.2) is 38.3 Å². The fourth-order valence-electron chi connectivity index (χ4n) is 1.45. The average molecular weight is 245 g/mol. The largest absolute Gasteiger partial charge is 0.383 e. The van der Waals surface area contributed by atoms with Crippen LogP contribution < -0.4 is 10.6 Å². The minimum atomic E-state index is -0.684. The maximum Gasteiger partial charge on any atom is 0.168 e. The molecule has 1 aromatic rings. The number of nitrogens with two attached hydrogens (primary N) is 1. The number of methoxy groups -OCH3 is 1. The Morgan fingerprint density at radius 2 is 2.18 bits per heavy atom. The smallest absolute Gasteiger partial charge is 0.168 e. The van der Waals surface area contributed by atoms with E-state index < -0.39 is 11.6 Å². The molecule has 0 radical (unpaired) electrons. The quantitative estimate of drug-likeness (QED) is 0.783. The number of aromatic nitrogens is 1. The lowest BCUT2D eigenvalue weighted by Gasteiger charge is -2.23. The van der Waals surface area contributed by atoms with Gasteiger partial charge in [-0.2, -0.15) is 0 Å². The van der Waals surface area contributed by atoms with E-state index in [2.05, 4.69) is 4.98 Å². The second-order valence-electron chi connectivity index (χ2n) is 3.58. The number of hydrogen-bond acceptors (Lipinski definition) is 4. The molecule has 17 heavy (non-hydrogen) atoms. The number of hydrogen-bond donors (Lipinski definition) is 1. The van der Waals surface area contributed by atoms with Crippen molar-refractivity contribution in [2.75, 3.05) is 38.3 Å². The topological polar surface area (TPSA) is 51.4 Å². The normalized spacial score (nSPS) is 10.6. The standard InChI is InChI=1S/C11H17F2N3O/c1-17-6-5-16(4-2-3-14)11-10(13)7-9(12)8-15-11/h7-8H,2-6,14H2,1H3. The second-order valence-corrected chi connectivity index (χ2v) is 3.58. The summed E-state index contributed by atoms with van der Waals surface area (Å²) in [6, 6.07) is 0.824. The first-order valence-corrected chi connectivity index (χ1v) is 5.44. The lowest BCUT2D eigenvalue weighted by Crippen LogP contribution is -2.31. The van der Waals surface area contributed by atoms with E-state index in [0.29, 0.717) is 32.7 Å². The molecule has 0 fully saturated rings. The third-order valence-electron chi connectivity index (χ3n) is 2.29. The maximum atomic E-state index is 13.5. The summed E-state index contributed by atoms with van der Waals surface area (Å²) in [6.07, 6.45) is 1.71. The highest BCUT2D eigenvalue weighted by atomic mass is 19.1. The zero-order chi connectivity index (χ0) is 12.7. The van der Waals surface area contributed by atoms with Crippen LogP contribution in [0.15, 0.2) is 12.3 Å². The van der Waals surface area contributed by atoms with E-state index in [-0.39, 0.29) is 5.82 Å². The van der Waals surface area contributed by atoms with E-state index in [4.69, 9.17) is 10.5 Å². The summed E-state index contributed by atoms with van der Waals surface area (Å²) in [5.41, 5.74) is 5.41. The van der Waals surface area contributed by atoms with Crippen LogP contribution in [0.2, 0.25) is 0 Å². The number of nitrogens with zero attached hydrogens (tertiary/aromatic N) is 2. The van der Waals surface area contributed by atoms with Crippen LogP contribution in [0.25, 0.3) is 0 Å². The molecule has 96 valence electrons. The molecule has 0 saturated heterocycles. The van der Waals surface area contributed by atoms with E-state index in [0.717, 1.165) is 12.3 Å².